The van der Waals surface area contributed by atoms with Crippen molar-refractivity contribution in [2.24, 2.45) is 0 Å². The molecule has 0 saturated heterocycles. The molecule has 1 aromatic carbocycles. The molecule has 2 rings (SSSR count). The molecule has 0 aliphatic rings. The van der Waals surface area contributed by atoms with Gasteiger partial charge >= 0.3 is 0 Å². The second-order valence-electron chi connectivity index (χ2n) is 3.74. The van der Waals surface area contributed by atoms with E-state index >= 15 is 0 Å². The van der Waals surface area contributed by atoms with E-state index in [1.54, 1.807) is 23.9 Å². The van der Waals surface area contributed by atoms with E-state index in [1.807, 2.05) is 12.1 Å². The Morgan fingerprint density at radius 3 is 2.11 bits per heavy atom. The van der Waals surface area contributed by atoms with Crippen LogP contribution in [0.25, 0.3) is 11.1 Å². The fraction of sp³-hybridized carbons (Fsp3) is 0.231. The molecule has 0 radical (unpaired) electrons. The predicted octanol–water partition coefficient (Wildman–Crippen LogP) is 5.36. The molecule has 0 amide bonds. The molecule has 100 valence electrons. The van der Waals surface area contributed by atoms with Crippen molar-refractivity contribution in [2.75, 3.05) is 5.75 Å². The average Bonchev–Trinajstić information content (AvgIpc) is 2.38. The minimum Gasteiger partial charge on any atom is -0.220 e. The van der Waals surface area contributed by atoms with Gasteiger partial charge in [0.2, 0.25) is 0 Å². The molecular formula is C13H11Cl3N2S. The second-order valence-corrected chi connectivity index (χ2v) is 6.17. The van der Waals surface area contributed by atoms with E-state index in [0.29, 0.717) is 32.5 Å². The zero-order chi connectivity index (χ0) is 13.8. The predicted molar refractivity (Wildman–Crippen MR) is 84.3 cm³/mol. The number of nitrogens with zero attached hydrogens (tertiary/aromatic N) is 2. The molecule has 0 aliphatic heterocycles. The van der Waals surface area contributed by atoms with Crippen LogP contribution >= 0.6 is 46.6 Å². The molecule has 0 bridgehead atoms. The number of hydrogen-bond donors (Lipinski definition) is 0. The summed E-state index contributed by atoms with van der Waals surface area (Å²) in [6, 6.07) is 7.26. The molecule has 1 aromatic heterocycles. The first-order valence-corrected chi connectivity index (χ1v) is 7.96. The van der Waals surface area contributed by atoms with Crippen LogP contribution in [0.4, 0.5) is 0 Å². The number of halogens is 3. The molecule has 6 heteroatoms. The Hall–Kier alpha value is -0.480. The lowest BCUT2D eigenvalue weighted by atomic mass is 10.1. The second kappa shape index (κ2) is 6.80. The Balaban J connectivity index is 2.38. The van der Waals surface area contributed by atoms with Crippen LogP contribution < -0.4 is 0 Å². The van der Waals surface area contributed by atoms with Crippen molar-refractivity contribution in [1.29, 1.82) is 0 Å². The Bertz CT molecular complexity index is 550. The average molecular weight is 334 g/mol. The number of rotatable bonds is 4. The van der Waals surface area contributed by atoms with E-state index in [2.05, 4.69) is 16.9 Å². The van der Waals surface area contributed by atoms with Crippen LogP contribution in [0.15, 0.2) is 24.3 Å². The Morgan fingerprint density at radius 2 is 1.58 bits per heavy atom. The first-order valence-electron chi connectivity index (χ1n) is 5.67. The summed E-state index contributed by atoms with van der Waals surface area (Å²) in [4.78, 5) is 8.57. The van der Waals surface area contributed by atoms with Gasteiger partial charge in [-0.1, -0.05) is 53.9 Å². The van der Waals surface area contributed by atoms with Gasteiger partial charge in [-0.05, 0) is 23.4 Å². The SMILES string of the molecule is CCSCc1nc(Cl)c(-c2ccc(Cl)cc2)c(Cl)n1. The van der Waals surface area contributed by atoms with Crippen LogP contribution in [-0.2, 0) is 5.75 Å². The largest absolute Gasteiger partial charge is 0.220 e. The van der Waals surface area contributed by atoms with Crippen molar-refractivity contribution in [3.05, 3.63) is 45.4 Å². The highest BCUT2D eigenvalue weighted by Crippen LogP contribution is 2.33. The Morgan fingerprint density at radius 1 is 1.00 bits per heavy atom. The number of benzene rings is 1. The smallest absolute Gasteiger partial charge is 0.142 e. The third-order valence-electron chi connectivity index (χ3n) is 2.44. The normalized spacial score (nSPS) is 10.7. The standard InChI is InChI=1S/C13H11Cl3N2S/c1-2-19-7-10-17-12(15)11(13(16)18-10)8-3-5-9(14)6-4-8/h3-6H,2,7H2,1H3. The van der Waals surface area contributed by atoms with Gasteiger partial charge in [0.15, 0.2) is 0 Å². The number of hydrogen-bond acceptors (Lipinski definition) is 3. The Kier molecular flexibility index (Phi) is 5.34. The highest BCUT2D eigenvalue weighted by molar-refractivity contribution is 7.98. The quantitative estimate of drug-likeness (QED) is 0.705. The van der Waals surface area contributed by atoms with Crippen molar-refractivity contribution >= 4 is 46.6 Å². The van der Waals surface area contributed by atoms with Crippen LogP contribution in [0.2, 0.25) is 15.3 Å². The summed E-state index contributed by atoms with van der Waals surface area (Å²) in [6.07, 6.45) is 0. The maximum absolute atomic E-state index is 6.21. The first kappa shape index (κ1) is 14.9. The molecule has 0 aliphatic carbocycles. The summed E-state index contributed by atoms with van der Waals surface area (Å²) >= 11 is 20.0. The van der Waals surface area contributed by atoms with Crippen molar-refractivity contribution in [3.63, 3.8) is 0 Å². The van der Waals surface area contributed by atoms with E-state index in [1.165, 1.54) is 0 Å². The number of thioether (sulfide) groups is 1. The van der Waals surface area contributed by atoms with E-state index < -0.39 is 0 Å². The summed E-state index contributed by atoms with van der Waals surface area (Å²) in [5.74, 6) is 2.36. The lowest BCUT2D eigenvalue weighted by molar-refractivity contribution is 1.04. The zero-order valence-corrected chi connectivity index (χ0v) is 13.2. The molecule has 0 atom stereocenters. The van der Waals surface area contributed by atoms with E-state index in [-0.39, 0.29) is 0 Å². The van der Waals surface area contributed by atoms with Crippen LogP contribution in [0, 0.1) is 0 Å². The summed E-state index contributed by atoms with van der Waals surface area (Å²) in [5, 5.41) is 1.40. The molecule has 19 heavy (non-hydrogen) atoms. The van der Waals surface area contributed by atoms with Gasteiger partial charge in [0.25, 0.3) is 0 Å². The maximum atomic E-state index is 6.21. The van der Waals surface area contributed by atoms with Gasteiger partial charge in [0, 0.05) is 5.02 Å². The highest BCUT2D eigenvalue weighted by atomic mass is 35.5. The molecule has 2 nitrogen and oxygen atoms in total. The van der Waals surface area contributed by atoms with Crippen LogP contribution in [0.1, 0.15) is 12.7 Å². The van der Waals surface area contributed by atoms with Gasteiger partial charge in [-0.15, -0.1) is 0 Å². The third-order valence-corrected chi connectivity index (χ3v) is 4.10. The summed E-state index contributed by atoms with van der Waals surface area (Å²) in [6.45, 7) is 2.08. The minimum absolute atomic E-state index is 0.369. The monoisotopic (exact) mass is 332 g/mol. The van der Waals surface area contributed by atoms with Crippen LogP contribution in [-0.4, -0.2) is 15.7 Å². The topological polar surface area (TPSA) is 25.8 Å². The lowest BCUT2D eigenvalue weighted by Crippen LogP contribution is -1.97. The third kappa shape index (κ3) is 3.76. The van der Waals surface area contributed by atoms with Crippen molar-refractivity contribution < 1.29 is 0 Å². The van der Waals surface area contributed by atoms with E-state index in [0.717, 1.165) is 11.3 Å². The van der Waals surface area contributed by atoms with Gasteiger partial charge in [0.05, 0.1) is 11.3 Å². The van der Waals surface area contributed by atoms with Crippen molar-refractivity contribution in [3.8, 4) is 11.1 Å². The lowest BCUT2D eigenvalue weighted by Gasteiger charge is -2.08. The van der Waals surface area contributed by atoms with Gasteiger partial charge in [0.1, 0.15) is 16.1 Å². The molecule has 0 saturated carbocycles. The van der Waals surface area contributed by atoms with Crippen molar-refractivity contribution in [1.82, 2.24) is 9.97 Å². The fourth-order valence-corrected chi connectivity index (χ4v) is 2.84. The fourth-order valence-electron chi connectivity index (χ4n) is 1.56. The summed E-state index contributed by atoms with van der Waals surface area (Å²) in [7, 11) is 0. The molecule has 0 N–H and O–H groups in total. The van der Waals surface area contributed by atoms with Crippen molar-refractivity contribution in [2.45, 2.75) is 12.7 Å². The summed E-state index contributed by atoms with van der Waals surface area (Å²) in [5.41, 5.74) is 1.50. The molecule has 0 unspecified atom stereocenters. The molecule has 0 spiro atoms. The van der Waals surface area contributed by atoms with Gasteiger partial charge in [-0.2, -0.15) is 11.8 Å². The first-order chi connectivity index (χ1) is 9.11. The molecule has 0 fully saturated rings. The molecule has 2 aromatic rings. The van der Waals surface area contributed by atoms with Crippen LogP contribution in [0.5, 0.6) is 0 Å². The van der Waals surface area contributed by atoms with Gasteiger partial charge < -0.3 is 0 Å². The molecule has 1 heterocycles. The minimum atomic E-state index is 0.369. The Labute approximate surface area is 131 Å². The number of aromatic nitrogens is 2. The summed E-state index contributed by atoms with van der Waals surface area (Å²) < 4.78 is 0. The maximum Gasteiger partial charge on any atom is 0.142 e. The van der Waals surface area contributed by atoms with Crippen LogP contribution in [0.3, 0.4) is 0 Å². The highest BCUT2D eigenvalue weighted by Gasteiger charge is 2.13. The molecular weight excluding hydrogens is 323 g/mol. The zero-order valence-electron chi connectivity index (χ0n) is 10.2. The van der Waals surface area contributed by atoms with Gasteiger partial charge in [-0.3, -0.25) is 0 Å². The van der Waals surface area contributed by atoms with E-state index in [9.17, 15) is 0 Å². The van der Waals surface area contributed by atoms with Gasteiger partial charge in [-0.25, -0.2) is 9.97 Å². The van der Waals surface area contributed by atoms with E-state index in [4.69, 9.17) is 34.8 Å².